The molecule has 0 saturated carbocycles. The summed E-state index contributed by atoms with van der Waals surface area (Å²) >= 11 is 1.90. The Labute approximate surface area is 109 Å². The minimum absolute atomic E-state index is 0.510. The molecule has 7 heteroatoms. The lowest BCUT2D eigenvalue weighted by Crippen LogP contribution is -2.46. The average Bonchev–Trinajstić information content (AvgIpc) is 2.18. The fraction of sp³-hybridized carbons (Fsp3) is 1.00. The van der Waals surface area contributed by atoms with Crippen molar-refractivity contribution in [2.75, 3.05) is 45.5 Å². The smallest absolute Gasteiger partial charge is 0.208 e. The highest BCUT2D eigenvalue weighted by Gasteiger charge is 2.17. The molecule has 17 heavy (non-hydrogen) atoms. The molecule has 0 aromatic heterocycles. The Balaban J connectivity index is 2.15. The van der Waals surface area contributed by atoms with Crippen LogP contribution in [0.3, 0.4) is 0 Å². The molecule has 0 aliphatic carbocycles. The first-order valence-corrected chi connectivity index (χ1v) is 8.68. The summed E-state index contributed by atoms with van der Waals surface area (Å²) in [6, 6.07) is 0. The summed E-state index contributed by atoms with van der Waals surface area (Å²) in [6.45, 7) is 9.86. The highest BCUT2D eigenvalue weighted by Crippen LogP contribution is 2.17. The second-order valence-electron chi connectivity index (χ2n) is 4.59. The van der Waals surface area contributed by atoms with E-state index in [0.717, 1.165) is 32.7 Å². The van der Waals surface area contributed by atoms with Gasteiger partial charge in [-0.3, -0.25) is 4.90 Å². The van der Waals surface area contributed by atoms with Gasteiger partial charge in [0.25, 0.3) is 0 Å². The highest BCUT2D eigenvalue weighted by molar-refractivity contribution is 7.97. The maximum Gasteiger partial charge on any atom is 0.208 e. The highest BCUT2D eigenvalue weighted by atomic mass is 32.2. The molecule has 0 unspecified atom stereocenters. The van der Waals surface area contributed by atoms with Crippen LogP contribution in [0, 0.1) is 0 Å². The van der Waals surface area contributed by atoms with Crippen molar-refractivity contribution in [1.29, 1.82) is 0 Å². The number of sulfonamides is 1. The molecule has 1 fully saturated rings. The Morgan fingerprint density at radius 1 is 1.24 bits per heavy atom. The summed E-state index contributed by atoms with van der Waals surface area (Å²) in [7, 11) is -3.04. The summed E-state index contributed by atoms with van der Waals surface area (Å²) < 4.78 is 26.7. The molecule has 0 amide bonds. The summed E-state index contributed by atoms with van der Waals surface area (Å²) in [5, 5.41) is 0.633. The zero-order valence-electron chi connectivity index (χ0n) is 10.8. The SMILES string of the molecule is CC(C)SN1CCN(CCNS(C)(=O)=O)CC1. The molecule has 0 aromatic carbocycles. The predicted molar refractivity (Wildman–Crippen MR) is 73.6 cm³/mol. The van der Waals surface area contributed by atoms with Crippen LogP contribution in [-0.4, -0.2) is 68.4 Å². The molecule has 1 N–H and O–H groups in total. The second-order valence-corrected chi connectivity index (χ2v) is 8.09. The van der Waals surface area contributed by atoms with Crippen molar-refractivity contribution in [3.05, 3.63) is 0 Å². The molecule has 0 atom stereocenters. The molecule has 1 saturated heterocycles. The van der Waals surface area contributed by atoms with Gasteiger partial charge in [0.2, 0.25) is 10.0 Å². The normalized spacial score (nSPS) is 20.0. The van der Waals surface area contributed by atoms with Crippen molar-refractivity contribution in [3.8, 4) is 0 Å². The van der Waals surface area contributed by atoms with Gasteiger partial charge < -0.3 is 0 Å². The molecule has 0 bridgehead atoms. The van der Waals surface area contributed by atoms with Gasteiger partial charge in [0.1, 0.15) is 0 Å². The Hall–Kier alpha value is 0.180. The number of hydrogen-bond donors (Lipinski definition) is 1. The molecule has 1 aliphatic heterocycles. The van der Waals surface area contributed by atoms with Crippen LogP contribution in [0.4, 0.5) is 0 Å². The first-order chi connectivity index (χ1) is 7.87. The van der Waals surface area contributed by atoms with Crippen LogP contribution in [0.5, 0.6) is 0 Å². The molecular formula is C10H23N3O2S2. The molecule has 1 rings (SSSR count). The molecule has 0 aromatic rings. The van der Waals surface area contributed by atoms with Crippen molar-refractivity contribution in [1.82, 2.24) is 13.9 Å². The van der Waals surface area contributed by atoms with E-state index < -0.39 is 10.0 Å². The van der Waals surface area contributed by atoms with Crippen LogP contribution in [-0.2, 0) is 10.0 Å². The number of nitrogens with zero attached hydrogens (tertiary/aromatic N) is 2. The van der Waals surface area contributed by atoms with E-state index in [1.165, 1.54) is 6.26 Å². The van der Waals surface area contributed by atoms with Crippen molar-refractivity contribution in [2.45, 2.75) is 19.1 Å². The third kappa shape index (κ3) is 7.25. The van der Waals surface area contributed by atoms with Crippen LogP contribution < -0.4 is 4.72 Å². The zero-order valence-corrected chi connectivity index (χ0v) is 12.5. The zero-order chi connectivity index (χ0) is 12.9. The molecule has 0 spiro atoms. The van der Waals surface area contributed by atoms with E-state index >= 15 is 0 Å². The van der Waals surface area contributed by atoms with E-state index in [9.17, 15) is 8.42 Å². The third-order valence-corrected chi connectivity index (χ3v) is 4.30. The van der Waals surface area contributed by atoms with Crippen LogP contribution >= 0.6 is 11.9 Å². The maximum absolute atomic E-state index is 10.9. The van der Waals surface area contributed by atoms with Crippen molar-refractivity contribution >= 4 is 22.0 Å². The van der Waals surface area contributed by atoms with Gasteiger partial charge in [0.15, 0.2) is 0 Å². The topological polar surface area (TPSA) is 52.6 Å². The van der Waals surface area contributed by atoms with Gasteiger partial charge >= 0.3 is 0 Å². The van der Waals surface area contributed by atoms with Gasteiger partial charge in [-0.25, -0.2) is 17.4 Å². The first kappa shape index (κ1) is 15.2. The van der Waals surface area contributed by atoms with Crippen LogP contribution in [0.1, 0.15) is 13.8 Å². The molecule has 0 radical (unpaired) electrons. The van der Waals surface area contributed by atoms with E-state index in [2.05, 4.69) is 27.8 Å². The van der Waals surface area contributed by atoms with Gasteiger partial charge in [-0.05, 0) is 0 Å². The van der Waals surface area contributed by atoms with E-state index in [4.69, 9.17) is 0 Å². The van der Waals surface area contributed by atoms with E-state index in [-0.39, 0.29) is 0 Å². The summed E-state index contributed by atoms with van der Waals surface area (Å²) in [6.07, 6.45) is 1.20. The Kier molecular flexibility index (Phi) is 6.22. The number of rotatable bonds is 6. The monoisotopic (exact) mass is 281 g/mol. The Morgan fingerprint density at radius 2 is 1.82 bits per heavy atom. The maximum atomic E-state index is 10.9. The average molecular weight is 281 g/mol. The minimum Gasteiger partial charge on any atom is -0.299 e. The first-order valence-electron chi connectivity index (χ1n) is 5.95. The number of hydrogen-bond acceptors (Lipinski definition) is 5. The Morgan fingerprint density at radius 3 is 2.29 bits per heavy atom. The fourth-order valence-corrected chi connectivity index (χ4v) is 3.18. The van der Waals surface area contributed by atoms with Crippen LogP contribution in [0.25, 0.3) is 0 Å². The summed E-state index contributed by atoms with van der Waals surface area (Å²) in [4.78, 5) is 2.30. The van der Waals surface area contributed by atoms with E-state index in [0.29, 0.717) is 11.8 Å². The van der Waals surface area contributed by atoms with Crippen LogP contribution in [0.2, 0.25) is 0 Å². The van der Waals surface area contributed by atoms with Crippen molar-refractivity contribution in [2.24, 2.45) is 0 Å². The standard InChI is InChI=1S/C10H23N3O2S2/c1-10(2)16-13-8-6-12(7-9-13)5-4-11-17(3,14)15/h10-11H,4-9H2,1-3H3. The number of piperazine rings is 1. The largest absolute Gasteiger partial charge is 0.299 e. The molecule has 5 nitrogen and oxygen atoms in total. The minimum atomic E-state index is -3.04. The third-order valence-electron chi connectivity index (χ3n) is 2.48. The van der Waals surface area contributed by atoms with E-state index in [1.807, 2.05) is 11.9 Å². The summed E-state index contributed by atoms with van der Waals surface area (Å²) in [5.41, 5.74) is 0. The van der Waals surface area contributed by atoms with Gasteiger partial charge in [-0.15, -0.1) is 0 Å². The van der Waals surface area contributed by atoms with Crippen molar-refractivity contribution < 1.29 is 8.42 Å². The van der Waals surface area contributed by atoms with E-state index in [1.54, 1.807) is 0 Å². The van der Waals surface area contributed by atoms with Gasteiger partial charge in [-0.2, -0.15) is 0 Å². The number of nitrogens with one attached hydrogen (secondary N) is 1. The molecule has 102 valence electrons. The van der Waals surface area contributed by atoms with Gasteiger partial charge in [-0.1, -0.05) is 25.8 Å². The van der Waals surface area contributed by atoms with Crippen molar-refractivity contribution in [3.63, 3.8) is 0 Å². The molecule has 1 aliphatic rings. The lowest BCUT2D eigenvalue weighted by atomic mass is 10.3. The lowest BCUT2D eigenvalue weighted by Gasteiger charge is -2.34. The summed E-state index contributed by atoms with van der Waals surface area (Å²) in [5.74, 6) is 0. The van der Waals surface area contributed by atoms with Crippen LogP contribution in [0.15, 0.2) is 0 Å². The fourth-order valence-electron chi connectivity index (χ4n) is 1.75. The Bertz CT molecular complexity index is 312. The molecule has 1 heterocycles. The van der Waals surface area contributed by atoms with Gasteiger partial charge in [0, 0.05) is 44.5 Å². The van der Waals surface area contributed by atoms with Gasteiger partial charge in [0.05, 0.1) is 6.26 Å². The predicted octanol–water partition coefficient (Wildman–Crippen LogP) is 0.210. The lowest BCUT2D eigenvalue weighted by molar-refractivity contribution is 0.199. The quantitative estimate of drug-likeness (QED) is 0.705. The second kappa shape index (κ2) is 6.94. The molecular weight excluding hydrogens is 258 g/mol.